The molecule has 0 bridgehead atoms. The molecular formula is C32H20O9. The monoisotopic (exact) mass is 548 g/mol. The number of ether oxygens (including phenoxy) is 2. The lowest BCUT2D eigenvalue weighted by atomic mass is 9.99. The number of hydrogen-bond acceptors (Lipinski definition) is 9. The fraction of sp³-hybridized carbons (Fsp3) is 0. The molecule has 0 fully saturated rings. The molecular weight excluding hydrogens is 528 g/mol. The molecule has 202 valence electrons. The Morgan fingerprint density at radius 3 is 1.76 bits per heavy atom. The van der Waals surface area contributed by atoms with Crippen LogP contribution in [-0.4, -0.2) is 32.4 Å². The summed E-state index contributed by atoms with van der Waals surface area (Å²) in [7, 11) is 0. The number of esters is 2. The molecule has 0 radical (unpaired) electrons. The van der Waals surface area contributed by atoms with E-state index in [1.54, 1.807) is 48.5 Å². The van der Waals surface area contributed by atoms with Gasteiger partial charge in [0.2, 0.25) is 0 Å². The van der Waals surface area contributed by atoms with Crippen molar-refractivity contribution in [3.63, 3.8) is 0 Å². The largest absolute Gasteiger partial charge is 0.508 e. The van der Waals surface area contributed by atoms with Crippen LogP contribution >= 0.6 is 0 Å². The van der Waals surface area contributed by atoms with Gasteiger partial charge in [0, 0.05) is 11.5 Å². The molecule has 9 heteroatoms. The van der Waals surface area contributed by atoms with Gasteiger partial charge in [0.25, 0.3) is 0 Å². The van der Waals surface area contributed by atoms with Crippen molar-refractivity contribution in [2.45, 2.75) is 0 Å². The Hall–Kier alpha value is -5.96. The highest BCUT2D eigenvalue weighted by Crippen LogP contribution is 2.54. The van der Waals surface area contributed by atoms with Crippen LogP contribution in [0.2, 0.25) is 0 Å². The Bertz CT molecular complexity index is 1940. The van der Waals surface area contributed by atoms with E-state index in [0.29, 0.717) is 5.56 Å². The van der Waals surface area contributed by atoms with Crippen LogP contribution in [0.1, 0.15) is 20.7 Å². The van der Waals surface area contributed by atoms with E-state index in [1.807, 2.05) is 0 Å². The third-order valence-electron chi connectivity index (χ3n) is 6.46. The maximum absolute atomic E-state index is 13.2. The van der Waals surface area contributed by atoms with E-state index in [4.69, 9.17) is 13.9 Å². The van der Waals surface area contributed by atoms with Crippen LogP contribution in [0.15, 0.2) is 101 Å². The number of hydrogen-bond donors (Lipinski definition) is 4. The second-order valence-electron chi connectivity index (χ2n) is 9.08. The third-order valence-corrected chi connectivity index (χ3v) is 6.46. The molecule has 41 heavy (non-hydrogen) atoms. The third kappa shape index (κ3) is 4.51. The molecule has 6 rings (SSSR count). The van der Waals surface area contributed by atoms with E-state index in [-0.39, 0.29) is 55.9 Å². The minimum absolute atomic E-state index is 0.00970. The van der Waals surface area contributed by atoms with Crippen molar-refractivity contribution in [3.8, 4) is 45.6 Å². The molecule has 6 aromatic rings. The number of benzene rings is 5. The van der Waals surface area contributed by atoms with Crippen LogP contribution in [-0.2, 0) is 0 Å². The molecule has 0 aliphatic rings. The molecule has 0 aliphatic carbocycles. The zero-order valence-electron chi connectivity index (χ0n) is 21.1. The van der Waals surface area contributed by atoms with Crippen molar-refractivity contribution >= 4 is 33.9 Å². The smallest absolute Gasteiger partial charge is 0.343 e. The van der Waals surface area contributed by atoms with Crippen molar-refractivity contribution in [2.24, 2.45) is 0 Å². The highest BCUT2D eigenvalue weighted by Gasteiger charge is 2.31. The first-order chi connectivity index (χ1) is 19.8. The van der Waals surface area contributed by atoms with Gasteiger partial charge in [-0.3, -0.25) is 0 Å². The number of rotatable bonds is 5. The van der Waals surface area contributed by atoms with Crippen LogP contribution in [0, 0.1) is 0 Å². The molecule has 1 heterocycles. The number of phenolic OH excluding ortho intramolecular Hbond substituents is 4. The van der Waals surface area contributed by atoms with Gasteiger partial charge in [0.1, 0.15) is 11.3 Å². The quantitative estimate of drug-likeness (QED) is 0.107. The van der Waals surface area contributed by atoms with Crippen LogP contribution in [0.4, 0.5) is 0 Å². The molecule has 0 spiro atoms. The van der Waals surface area contributed by atoms with E-state index in [2.05, 4.69) is 0 Å². The molecule has 0 aliphatic heterocycles. The molecule has 5 aromatic carbocycles. The number of furan rings is 1. The summed E-state index contributed by atoms with van der Waals surface area (Å²) in [6.45, 7) is 0. The van der Waals surface area contributed by atoms with Crippen molar-refractivity contribution < 1.29 is 43.9 Å². The molecule has 0 atom stereocenters. The first-order valence-electron chi connectivity index (χ1n) is 12.3. The van der Waals surface area contributed by atoms with Crippen LogP contribution < -0.4 is 9.47 Å². The van der Waals surface area contributed by atoms with Crippen molar-refractivity contribution in [3.05, 3.63) is 108 Å². The SMILES string of the molecule is O=C(Oc1c(-c2ccc(O)cc2)c(O)c(OC(=O)c2ccccc2)c2c1oc1cc(O)c(O)cc12)c1ccccc1. The number of aromatic hydroxyl groups is 4. The Labute approximate surface area is 231 Å². The van der Waals surface area contributed by atoms with Crippen molar-refractivity contribution in [2.75, 3.05) is 0 Å². The lowest BCUT2D eigenvalue weighted by molar-refractivity contribution is 0.0719. The Balaban J connectivity index is 1.67. The van der Waals surface area contributed by atoms with Gasteiger partial charge in [0.15, 0.2) is 34.3 Å². The topological polar surface area (TPSA) is 147 Å². The minimum Gasteiger partial charge on any atom is -0.508 e. The van der Waals surface area contributed by atoms with E-state index >= 15 is 0 Å². The van der Waals surface area contributed by atoms with E-state index in [9.17, 15) is 30.0 Å². The molecule has 1 aromatic heterocycles. The number of carbonyl (C=O) groups excluding carboxylic acids is 2. The lowest BCUT2D eigenvalue weighted by Gasteiger charge is -2.17. The van der Waals surface area contributed by atoms with Crippen LogP contribution in [0.25, 0.3) is 33.1 Å². The summed E-state index contributed by atoms with van der Waals surface area (Å²) in [5.41, 5.74) is 0.575. The van der Waals surface area contributed by atoms with Crippen LogP contribution in [0.3, 0.4) is 0 Å². The van der Waals surface area contributed by atoms with Gasteiger partial charge in [0.05, 0.1) is 22.1 Å². The molecule has 9 nitrogen and oxygen atoms in total. The summed E-state index contributed by atoms with van der Waals surface area (Å²) in [6, 6.07) is 24.2. The summed E-state index contributed by atoms with van der Waals surface area (Å²) in [4.78, 5) is 26.4. The van der Waals surface area contributed by atoms with Crippen molar-refractivity contribution in [1.29, 1.82) is 0 Å². The number of fused-ring (bicyclic) bond motifs is 3. The molecule has 0 saturated carbocycles. The highest BCUT2D eigenvalue weighted by molar-refractivity contribution is 6.16. The number of carbonyl (C=O) groups is 2. The van der Waals surface area contributed by atoms with Gasteiger partial charge in [-0.25, -0.2) is 9.59 Å². The molecule has 0 saturated heterocycles. The van der Waals surface area contributed by atoms with Gasteiger partial charge in [-0.2, -0.15) is 0 Å². The zero-order valence-corrected chi connectivity index (χ0v) is 21.1. The summed E-state index contributed by atoms with van der Waals surface area (Å²) in [6.07, 6.45) is 0. The average molecular weight is 549 g/mol. The van der Waals surface area contributed by atoms with Gasteiger partial charge >= 0.3 is 11.9 Å². The first kappa shape index (κ1) is 25.3. The van der Waals surface area contributed by atoms with Gasteiger partial charge in [-0.05, 0) is 48.0 Å². The Morgan fingerprint density at radius 1 is 0.634 bits per heavy atom. The maximum atomic E-state index is 13.2. The summed E-state index contributed by atoms with van der Waals surface area (Å²) >= 11 is 0. The minimum atomic E-state index is -0.801. The lowest BCUT2D eigenvalue weighted by Crippen LogP contribution is -2.11. The first-order valence-corrected chi connectivity index (χ1v) is 12.3. The fourth-order valence-electron chi connectivity index (χ4n) is 4.50. The summed E-state index contributed by atoms with van der Waals surface area (Å²) in [5, 5.41) is 42.1. The van der Waals surface area contributed by atoms with E-state index in [0.717, 1.165) is 6.07 Å². The Morgan fingerprint density at radius 2 is 1.17 bits per heavy atom. The van der Waals surface area contributed by atoms with Gasteiger partial charge < -0.3 is 34.3 Å². The van der Waals surface area contributed by atoms with Crippen molar-refractivity contribution in [1.82, 2.24) is 0 Å². The highest BCUT2D eigenvalue weighted by atomic mass is 16.6. The van der Waals surface area contributed by atoms with E-state index < -0.39 is 29.2 Å². The second kappa shape index (κ2) is 9.97. The van der Waals surface area contributed by atoms with E-state index in [1.165, 1.54) is 42.5 Å². The fourth-order valence-corrected chi connectivity index (χ4v) is 4.50. The molecule has 0 amide bonds. The second-order valence-corrected chi connectivity index (χ2v) is 9.08. The number of phenols is 4. The predicted molar refractivity (Wildman–Crippen MR) is 149 cm³/mol. The maximum Gasteiger partial charge on any atom is 0.343 e. The normalized spacial score (nSPS) is 11.0. The predicted octanol–water partition coefficient (Wildman–Crippen LogP) is 6.51. The van der Waals surface area contributed by atoms with Gasteiger partial charge in [-0.15, -0.1) is 0 Å². The molecule has 0 unspecified atom stereocenters. The molecule has 4 N–H and O–H groups in total. The Kier molecular flexibility index (Phi) is 6.16. The summed E-state index contributed by atoms with van der Waals surface area (Å²) < 4.78 is 17.6. The summed E-state index contributed by atoms with van der Waals surface area (Å²) in [5.74, 6) is -3.72. The average Bonchev–Trinajstić information content (AvgIpc) is 3.34. The zero-order chi connectivity index (χ0) is 28.7. The standard InChI is InChI=1S/C32H20O9/c33-20-13-11-17(12-14-20)25-27(36)28(40-31(37)18-7-3-1-4-8-18)26-21-15-22(34)23(35)16-24(21)39-30(26)29(25)41-32(38)19-9-5-2-6-10-19/h1-16,33-36H. The van der Waals surface area contributed by atoms with Gasteiger partial charge in [-0.1, -0.05) is 48.5 Å². The van der Waals surface area contributed by atoms with Crippen LogP contribution in [0.5, 0.6) is 34.5 Å².